The summed E-state index contributed by atoms with van der Waals surface area (Å²) in [5.41, 5.74) is 2.77. The van der Waals surface area contributed by atoms with Crippen LogP contribution in [0.25, 0.3) is 0 Å². The second-order valence-corrected chi connectivity index (χ2v) is 5.52. The van der Waals surface area contributed by atoms with Gasteiger partial charge in [0.15, 0.2) is 0 Å². The predicted molar refractivity (Wildman–Crippen MR) is 95.1 cm³/mol. The molecular weight excluding hydrogens is 312 g/mol. The van der Waals surface area contributed by atoms with Crippen LogP contribution in [-0.2, 0) is 19.6 Å². The molecule has 4 heteroatoms. The lowest BCUT2D eigenvalue weighted by Crippen LogP contribution is -2.01. The van der Waals surface area contributed by atoms with Crippen molar-refractivity contribution in [2.24, 2.45) is 0 Å². The number of pyridine rings is 1. The van der Waals surface area contributed by atoms with Gasteiger partial charge in [0.2, 0.25) is 5.88 Å². The lowest BCUT2D eigenvalue weighted by atomic mass is 10.2. The highest BCUT2D eigenvalue weighted by Crippen LogP contribution is 2.22. The molecule has 0 aliphatic carbocycles. The second-order valence-electron chi connectivity index (χ2n) is 5.52. The van der Waals surface area contributed by atoms with E-state index >= 15 is 0 Å². The van der Waals surface area contributed by atoms with Crippen LogP contribution in [-0.4, -0.2) is 4.98 Å². The van der Waals surface area contributed by atoms with Crippen LogP contribution in [0.15, 0.2) is 72.8 Å². The van der Waals surface area contributed by atoms with Crippen molar-refractivity contribution in [2.75, 3.05) is 0 Å². The maximum absolute atomic E-state index is 8.95. The highest BCUT2D eigenvalue weighted by molar-refractivity contribution is 5.32. The van der Waals surface area contributed by atoms with Gasteiger partial charge >= 0.3 is 0 Å². The topological polar surface area (TPSA) is 55.1 Å². The second kappa shape index (κ2) is 8.51. The third kappa shape index (κ3) is 5.08. The molecule has 0 saturated carbocycles. The average Bonchev–Trinajstić information content (AvgIpc) is 2.67. The molecule has 0 amide bonds. The lowest BCUT2D eigenvalue weighted by molar-refractivity contribution is 0.280. The van der Waals surface area contributed by atoms with Crippen LogP contribution in [0.4, 0.5) is 0 Å². The van der Waals surface area contributed by atoms with Gasteiger partial charge in [-0.2, -0.15) is 5.26 Å². The first-order chi connectivity index (χ1) is 12.3. The molecule has 3 aromatic rings. The molecular formula is C21H18N2O2. The Morgan fingerprint density at radius 1 is 0.800 bits per heavy atom. The standard InChI is InChI=1S/C21H18N2O2/c22-12-11-19-13-20(24-15-17-7-3-1-4-8-17)14-21(23-19)25-16-18-9-5-2-6-10-18/h1-10,13-14H,11,15-16H2. The number of nitrogens with zero attached hydrogens (tertiary/aromatic N) is 2. The normalized spacial score (nSPS) is 10.0. The highest BCUT2D eigenvalue weighted by atomic mass is 16.5. The fraction of sp³-hybridized carbons (Fsp3) is 0.143. The molecule has 0 saturated heterocycles. The van der Waals surface area contributed by atoms with Crippen LogP contribution >= 0.6 is 0 Å². The Morgan fingerprint density at radius 2 is 1.40 bits per heavy atom. The Balaban J connectivity index is 1.71. The molecule has 25 heavy (non-hydrogen) atoms. The van der Waals surface area contributed by atoms with Gasteiger partial charge in [-0.25, -0.2) is 4.98 Å². The van der Waals surface area contributed by atoms with Crippen LogP contribution in [0, 0.1) is 11.3 Å². The predicted octanol–water partition coefficient (Wildman–Crippen LogP) is 4.31. The van der Waals surface area contributed by atoms with E-state index in [1.807, 2.05) is 60.7 Å². The van der Waals surface area contributed by atoms with Crippen molar-refractivity contribution in [3.05, 3.63) is 89.6 Å². The third-order valence-electron chi connectivity index (χ3n) is 3.57. The molecule has 0 unspecified atom stereocenters. The number of ether oxygens (including phenoxy) is 2. The van der Waals surface area contributed by atoms with Crippen molar-refractivity contribution in [2.45, 2.75) is 19.6 Å². The summed E-state index contributed by atoms with van der Waals surface area (Å²) in [5.74, 6) is 1.10. The average molecular weight is 330 g/mol. The summed E-state index contributed by atoms with van der Waals surface area (Å²) < 4.78 is 11.6. The SMILES string of the molecule is N#CCc1cc(OCc2ccccc2)cc(OCc2ccccc2)n1. The summed E-state index contributed by atoms with van der Waals surface area (Å²) in [5, 5.41) is 8.95. The maximum atomic E-state index is 8.95. The fourth-order valence-corrected chi connectivity index (χ4v) is 2.33. The third-order valence-corrected chi connectivity index (χ3v) is 3.57. The highest BCUT2D eigenvalue weighted by Gasteiger charge is 2.06. The zero-order valence-corrected chi connectivity index (χ0v) is 13.8. The first-order valence-corrected chi connectivity index (χ1v) is 8.05. The molecule has 0 bridgehead atoms. The van der Waals surface area contributed by atoms with Crippen molar-refractivity contribution in [3.63, 3.8) is 0 Å². The van der Waals surface area contributed by atoms with E-state index in [-0.39, 0.29) is 6.42 Å². The van der Waals surface area contributed by atoms with Gasteiger partial charge in [-0.1, -0.05) is 60.7 Å². The van der Waals surface area contributed by atoms with Crippen molar-refractivity contribution in [1.82, 2.24) is 4.98 Å². The number of hydrogen-bond donors (Lipinski definition) is 0. The number of rotatable bonds is 7. The van der Waals surface area contributed by atoms with E-state index in [2.05, 4.69) is 11.1 Å². The lowest BCUT2D eigenvalue weighted by Gasteiger charge is -2.11. The first kappa shape index (κ1) is 16.5. The van der Waals surface area contributed by atoms with Gasteiger partial charge in [0.25, 0.3) is 0 Å². The number of hydrogen-bond acceptors (Lipinski definition) is 4. The molecule has 3 rings (SSSR count). The van der Waals surface area contributed by atoms with Gasteiger partial charge in [0.1, 0.15) is 19.0 Å². The van der Waals surface area contributed by atoms with Gasteiger partial charge < -0.3 is 9.47 Å². The Labute approximate surface area is 147 Å². The zero-order chi connectivity index (χ0) is 17.3. The Morgan fingerprint density at radius 3 is 2.00 bits per heavy atom. The number of nitriles is 1. The number of aromatic nitrogens is 1. The minimum atomic E-state index is 0.213. The fourth-order valence-electron chi connectivity index (χ4n) is 2.33. The molecule has 124 valence electrons. The first-order valence-electron chi connectivity index (χ1n) is 8.05. The van der Waals surface area contributed by atoms with Gasteiger partial charge in [-0.15, -0.1) is 0 Å². The van der Waals surface area contributed by atoms with Gasteiger partial charge in [-0.3, -0.25) is 0 Å². The molecule has 0 spiro atoms. The Bertz CT molecular complexity index is 781. The Hall–Kier alpha value is -3.32. The molecule has 0 N–H and O–H groups in total. The Kier molecular flexibility index (Phi) is 5.63. The van der Waals surface area contributed by atoms with Crippen LogP contribution in [0.2, 0.25) is 0 Å². The molecule has 0 aliphatic rings. The van der Waals surface area contributed by atoms with Crippen LogP contribution in [0.3, 0.4) is 0 Å². The minimum Gasteiger partial charge on any atom is -0.489 e. The van der Waals surface area contributed by atoms with Crippen LogP contribution in [0.5, 0.6) is 11.6 Å². The van der Waals surface area contributed by atoms with E-state index < -0.39 is 0 Å². The smallest absolute Gasteiger partial charge is 0.217 e. The van der Waals surface area contributed by atoms with Crippen molar-refractivity contribution in [1.29, 1.82) is 5.26 Å². The van der Waals surface area contributed by atoms with Crippen LogP contribution < -0.4 is 9.47 Å². The molecule has 1 heterocycles. The molecule has 0 radical (unpaired) electrons. The van der Waals surface area contributed by atoms with Gasteiger partial charge in [0.05, 0.1) is 18.2 Å². The molecule has 0 fully saturated rings. The summed E-state index contributed by atoms with van der Waals surface area (Å²) >= 11 is 0. The summed E-state index contributed by atoms with van der Waals surface area (Å²) in [4.78, 5) is 4.37. The summed E-state index contributed by atoms with van der Waals surface area (Å²) in [6.07, 6.45) is 0.213. The van der Waals surface area contributed by atoms with E-state index in [1.165, 1.54) is 0 Å². The summed E-state index contributed by atoms with van der Waals surface area (Å²) in [6.45, 7) is 0.872. The van der Waals surface area contributed by atoms with Gasteiger partial charge in [0, 0.05) is 12.1 Å². The monoisotopic (exact) mass is 330 g/mol. The van der Waals surface area contributed by atoms with Crippen molar-refractivity contribution < 1.29 is 9.47 Å². The van der Waals surface area contributed by atoms with E-state index in [9.17, 15) is 0 Å². The van der Waals surface area contributed by atoms with E-state index in [0.717, 1.165) is 11.1 Å². The van der Waals surface area contributed by atoms with Crippen LogP contribution in [0.1, 0.15) is 16.8 Å². The molecule has 0 aliphatic heterocycles. The largest absolute Gasteiger partial charge is 0.489 e. The van der Waals surface area contributed by atoms with E-state index in [1.54, 1.807) is 12.1 Å². The molecule has 2 aromatic carbocycles. The summed E-state index contributed by atoms with van der Waals surface area (Å²) in [7, 11) is 0. The van der Waals surface area contributed by atoms with Crippen molar-refractivity contribution in [3.8, 4) is 17.7 Å². The minimum absolute atomic E-state index is 0.213. The van der Waals surface area contributed by atoms with Gasteiger partial charge in [-0.05, 0) is 11.1 Å². The molecule has 0 atom stereocenters. The molecule has 1 aromatic heterocycles. The maximum Gasteiger partial charge on any atom is 0.217 e. The van der Waals surface area contributed by atoms with E-state index in [0.29, 0.717) is 30.5 Å². The molecule has 4 nitrogen and oxygen atoms in total. The quantitative estimate of drug-likeness (QED) is 0.648. The summed E-state index contributed by atoms with van der Waals surface area (Å²) in [6, 6.07) is 25.4. The zero-order valence-electron chi connectivity index (χ0n) is 13.8. The number of benzene rings is 2. The van der Waals surface area contributed by atoms with Crippen molar-refractivity contribution >= 4 is 0 Å². The van der Waals surface area contributed by atoms with E-state index in [4.69, 9.17) is 14.7 Å².